The summed E-state index contributed by atoms with van der Waals surface area (Å²) in [6, 6.07) is 13.6. The summed E-state index contributed by atoms with van der Waals surface area (Å²) in [4.78, 5) is 44.4. The molecule has 1 atom stereocenters. The van der Waals surface area contributed by atoms with Crippen LogP contribution in [0.2, 0.25) is 0 Å². The lowest BCUT2D eigenvalue weighted by Gasteiger charge is -2.23. The Morgan fingerprint density at radius 3 is 2.06 bits per heavy atom. The van der Waals surface area contributed by atoms with Gasteiger partial charge in [0, 0.05) is 12.5 Å². The molecule has 3 aromatic rings. The van der Waals surface area contributed by atoms with Crippen molar-refractivity contribution in [3.05, 3.63) is 86.9 Å². The number of aryl methyl sites for hydroxylation is 3. The zero-order chi connectivity index (χ0) is 23.2. The molecule has 1 N–H and O–H groups in total. The van der Waals surface area contributed by atoms with Crippen LogP contribution in [0.25, 0.3) is 5.76 Å². The monoisotopic (exact) mass is 446 g/mol. The fraction of sp³-hybridized carbons (Fsp3) is 0.200. The molecule has 7 heteroatoms. The molecule has 2 aromatic carbocycles. The topological polar surface area (TPSA) is 87.6 Å². The SMILES string of the molecule is CC(=O)c1sc(N2C(=O)C(=O)/C(=C(/O)c3ccc(C)cc3)C2c2ccc(C)cc2)nc1C. The number of nitrogens with zero attached hydrogens (tertiary/aromatic N) is 2. The van der Waals surface area contributed by atoms with E-state index in [1.165, 1.54) is 11.8 Å². The Kier molecular flexibility index (Phi) is 5.52. The van der Waals surface area contributed by atoms with Gasteiger partial charge in [0.05, 0.1) is 22.2 Å². The summed E-state index contributed by atoms with van der Waals surface area (Å²) in [5, 5.41) is 11.4. The average Bonchev–Trinajstić information content (AvgIpc) is 3.26. The summed E-state index contributed by atoms with van der Waals surface area (Å²) in [6.07, 6.45) is 0. The highest BCUT2D eigenvalue weighted by molar-refractivity contribution is 7.18. The molecule has 1 unspecified atom stereocenters. The number of aliphatic hydroxyl groups is 1. The normalized spacial score (nSPS) is 17.8. The number of carbonyl (C=O) groups is 3. The minimum atomic E-state index is -0.859. The van der Waals surface area contributed by atoms with Gasteiger partial charge in [0.15, 0.2) is 10.9 Å². The first-order valence-corrected chi connectivity index (χ1v) is 10.9. The number of ketones is 2. The highest BCUT2D eigenvalue weighted by Gasteiger charge is 2.48. The van der Waals surface area contributed by atoms with E-state index in [4.69, 9.17) is 0 Å². The van der Waals surface area contributed by atoms with Gasteiger partial charge < -0.3 is 5.11 Å². The summed E-state index contributed by atoms with van der Waals surface area (Å²) < 4.78 is 0. The molecule has 0 radical (unpaired) electrons. The molecule has 0 aliphatic carbocycles. The molecule has 0 saturated carbocycles. The van der Waals surface area contributed by atoms with Gasteiger partial charge in [-0.05, 0) is 26.3 Å². The molecular formula is C25H22N2O4S. The molecule has 1 amide bonds. The van der Waals surface area contributed by atoms with Crippen molar-refractivity contribution in [1.82, 2.24) is 4.98 Å². The van der Waals surface area contributed by atoms with Crippen molar-refractivity contribution in [2.24, 2.45) is 0 Å². The second kappa shape index (κ2) is 8.16. The molecule has 1 fully saturated rings. The number of rotatable bonds is 4. The number of benzene rings is 2. The molecule has 32 heavy (non-hydrogen) atoms. The van der Waals surface area contributed by atoms with Gasteiger partial charge in [-0.15, -0.1) is 0 Å². The van der Waals surface area contributed by atoms with Crippen LogP contribution in [0.1, 0.15) is 50.6 Å². The largest absolute Gasteiger partial charge is 0.507 e. The van der Waals surface area contributed by atoms with Crippen molar-refractivity contribution in [3.63, 3.8) is 0 Å². The second-order valence-corrected chi connectivity index (χ2v) is 8.89. The highest BCUT2D eigenvalue weighted by atomic mass is 32.1. The average molecular weight is 447 g/mol. The molecule has 0 spiro atoms. The van der Waals surface area contributed by atoms with Crippen LogP contribution in [-0.2, 0) is 9.59 Å². The number of thiazole rings is 1. The smallest absolute Gasteiger partial charge is 0.301 e. The lowest BCUT2D eigenvalue weighted by molar-refractivity contribution is -0.132. The molecule has 1 saturated heterocycles. The Labute approximate surface area is 189 Å². The third kappa shape index (κ3) is 3.65. The van der Waals surface area contributed by atoms with Crippen LogP contribution in [0.15, 0.2) is 54.1 Å². The van der Waals surface area contributed by atoms with Crippen molar-refractivity contribution >= 4 is 39.7 Å². The first-order valence-electron chi connectivity index (χ1n) is 10.1. The summed E-state index contributed by atoms with van der Waals surface area (Å²) >= 11 is 1.07. The quantitative estimate of drug-likeness (QED) is 0.267. The highest BCUT2D eigenvalue weighted by Crippen LogP contribution is 2.43. The first kappa shape index (κ1) is 21.6. The van der Waals surface area contributed by atoms with Crippen LogP contribution in [0.4, 0.5) is 5.13 Å². The maximum atomic E-state index is 13.2. The van der Waals surface area contributed by atoms with Gasteiger partial charge in [0.25, 0.3) is 5.78 Å². The lowest BCUT2D eigenvalue weighted by Crippen LogP contribution is -2.29. The van der Waals surface area contributed by atoms with Crippen LogP contribution < -0.4 is 4.90 Å². The number of aliphatic hydroxyl groups excluding tert-OH is 1. The number of Topliss-reactive ketones (excluding diaryl/α,β-unsaturated/α-hetero) is 2. The first-order chi connectivity index (χ1) is 15.2. The predicted molar refractivity (Wildman–Crippen MR) is 124 cm³/mol. The Morgan fingerprint density at radius 2 is 1.53 bits per heavy atom. The van der Waals surface area contributed by atoms with Gasteiger partial charge in [0.2, 0.25) is 0 Å². The van der Waals surface area contributed by atoms with E-state index in [2.05, 4.69) is 4.98 Å². The summed E-state index contributed by atoms with van der Waals surface area (Å²) in [5.74, 6) is -1.97. The van der Waals surface area contributed by atoms with E-state index in [-0.39, 0.29) is 22.2 Å². The molecule has 162 valence electrons. The van der Waals surface area contributed by atoms with E-state index in [9.17, 15) is 19.5 Å². The number of carbonyl (C=O) groups excluding carboxylic acids is 3. The molecule has 2 heterocycles. The molecule has 1 aliphatic rings. The van der Waals surface area contributed by atoms with Crippen molar-refractivity contribution in [2.75, 3.05) is 4.90 Å². The Bertz CT molecular complexity index is 1270. The van der Waals surface area contributed by atoms with E-state index in [0.717, 1.165) is 22.5 Å². The van der Waals surface area contributed by atoms with Crippen LogP contribution in [0, 0.1) is 20.8 Å². The summed E-state index contributed by atoms with van der Waals surface area (Å²) in [5.41, 5.74) is 3.65. The van der Waals surface area contributed by atoms with Gasteiger partial charge >= 0.3 is 5.91 Å². The molecule has 6 nitrogen and oxygen atoms in total. The zero-order valence-corrected chi connectivity index (χ0v) is 19.0. The van der Waals surface area contributed by atoms with Gasteiger partial charge in [-0.2, -0.15) is 0 Å². The number of hydrogen-bond donors (Lipinski definition) is 1. The number of aromatic nitrogens is 1. The second-order valence-electron chi connectivity index (χ2n) is 7.91. The Balaban J connectivity index is 1.94. The third-order valence-corrected chi connectivity index (χ3v) is 6.73. The van der Waals surface area contributed by atoms with E-state index < -0.39 is 17.7 Å². The fourth-order valence-corrected chi connectivity index (χ4v) is 4.76. The van der Waals surface area contributed by atoms with E-state index in [1.807, 2.05) is 50.2 Å². The van der Waals surface area contributed by atoms with Crippen LogP contribution in [-0.4, -0.2) is 27.6 Å². The third-order valence-electron chi connectivity index (χ3n) is 5.47. The maximum Gasteiger partial charge on any atom is 0.301 e. The van der Waals surface area contributed by atoms with Crippen LogP contribution >= 0.6 is 11.3 Å². The summed E-state index contributed by atoms with van der Waals surface area (Å²) in [6.45, 7) is 7.00. The van der Waals surface area contributed by atoms with Gasteiger partial charge in [-0.3, -0.25) is 19.3 Å². The number of anilines is 1. The standard InChI is InChI=1S/C25H22N2O4S/c1-13-5-9-17(10-6-13)20-19(21(29)18-11-7-14(2)8-12-18)22(30)24(31)27(20)25-26-15(3)23(32-25)16(4)28/h5-12,20,29H,1-4H3/b21-19+. The van der Waals surface area contributed by atoms with Crippen molar-refractivity contribution in [1.29, 1.82) is 0 Å². The van der Waals surface area contributed by atoms with E-state index >= 15 is 0 Å². The minimum Gasteiger partial charge on any atom is -0.507 e. The van der Waals surface area contributed by atoms with Crippen molar-refractivity contribution in [3.8, 4) is 0 Å². The van der Waals surface area contributed by atoms with Crippen LogP contribution in [0.5, 0.6) is 0 Å². The van der Waals surface area contributed by atoms with Gasteiger partial charge in [-0.25, -0.2) is 4.98 Å². The van der Waals surface area contributed by atoms with Crippen molar-refractivity contribution < 1.29 is 19.5 Å². The van der Waals surface area contributed by atoms with Crippen molar-refractivity contribution in [2.45, 2.75) is 33.7 Å². The molecule has 0 bridgehead atoms. The van der Waals surface area contributed by atoms with Crippen LogP contribution in [0.3, 0.4) is 0 Å². The molecule has 1 aliphatic heterocycles. The Morgan fingerprint density at radius 1 is 0.969 bits per heavy atom. The number of hydrogen-bond acceptors (Lipinski definition) is 6. The molecule has 1 aromatic heterocycles. The molecule has 4 rings (SSSR count). The van der Waals surface area contributed by atoms with Gasteiger partial charge in [-0.1, -0.05) is 71.0 Å². The van der Waals surface area contributed by atoms with E-state index in [0.29, 0.717) is 21.7 Å². The predicted octanol–water partition coefficient (Wildman–Crippen LogP) is 4.90. The Hall–Kier alpha value is -3.58. The molecular weight excluding hydrogens is 424 g/mol. The summed E-state index contributed by atoms with van der Waals surface area (Å²) in [7, 11) is 0. The lowest BCUT2D eigenvalue weighted by atomic mass is 9.94. The van der Waals surface area contributed by atoms with E-state index in [1.54, 1.807) is 19.1 Å². The maximum absolute atomic E-state index is 13.2. The van der Waals surface area contributed by atoms with Gasteiger partial charge in [0.1, 0.15) is 5.76 Å². The fourth-order valence-electron chi connectivity index (χ4n) is 3.77. The zero-order valence-electron chi connectivity index (χ0n) is 18.2. The number of amides is 1. The minimum absolute atomic E-state index is 0.0000609.